The molecule has 1 aromatic heterocycles. The quantitative estimate of drug-likeness (QED) is 0.799. The average Bonchev–Trinajstić information content (AvgIpc) is 2.91. The highest BCUT2D eigenvalue weighted by Gasteiger charge is 1.80. The Morgan fingerprint density at radius 1 is 0.824 bits per heavy atom. The molecular weight excluding hydrogens is 210 g/mol. The molecule has 104 valence electrons. The fourth-order valence-electron chi connectivity index (χ4n) is 0.167. The maximum Gasteiger partial charge on any atom is 0.0690 e. The number of rotatable bonds is 2. The first kappa shape index (κ1) is 21.4. The van der Waals surface area contributed by atoms with Gasteiger partial charge in [-0.25, -0.2) is 0 Å². The summed E-state index contributed by atoms with van der Waals surface area (Å²) in [6.45, 7) is 17.3. The third-order valence-corrected chi connectivity index (χ3v) is 1.96. The standard InChI is InChI=1S/2C5H12.C2H3N3.C2H6/c2*1-4-5(2)3;1-2-4-5-3-1;1-2/h2*5H,4H2,1-3H3;1-2H,(H,3,4,5);1-2H3. The minimum Gasteiger partial charge on any atom is -0.198 e. The number of hydrogen-bond acceptors (Lipinski definition) is 2. The molecule has 17 heavy (non-hydrogen) atoms. The summed E-state index contributed by atoms with van der Waals surface area (Å²) in [5, 5.41) is 9.33. The molecule has 1 N–H and O–H groups in total. The Morgan fingerprint density at radius 3 is 1.12 bits per heavy atom. The van der Waals surface area contributed by atoms with Crippen molar-refractivity contribution >= 4 is 0 Å². The zero-order valence-corrected chi connectivity index (χ0v) is 13.1. The van der Waals surface area contributed by atoms with E-state index in [1.165, 1.54) is 12.8 Å². The van der Waals surface area contributed by atoms with Gasteiger partial charge in [0.15, 0.2) is 0 Å². The summed E-state index contributed by atoms with van der Waals surface area (Å²) >= 11 is 0. The maximum absolute atomic E-state index is 3.49. The Bertz CT molecular complexity index is 144. The van der Waals surface area contributed by atoms with Crippen LogP contribution in [-0.4, -0.2) is 15.4 Å². The summed E-state index contributed by atoms with van der Waals surface area (Å²) in [4.78, 5) is 0. The summed E-state index contributed by atoms with van der Waals surface area (Å²) in [7, 11) is 0. The average molecular weight is 243 g/mol. The van der Waals surface area contributed by atoms with Crippen molar-refractivity contribution < 1.29 is 0 Å². The number of nitrogens with zero attached hydrogens (tertiary/aromatic N) is 2. The van der Waals surface area contributed by atoms with Gasteiger partial charge in [-0.15, -0.1) is 0 Å². The van der Waals surface area contributed by atoms with E-state index in [9.17, 15) is 0 Å². The van der Waals surface area contributed by atoms with Crippen LogP contribution in [0.1, 0.15) is 68.2 Å². The van der Waals surface area contributed by atoms with E-state index in [0.717, 1.165) is 11.8 Å². The van der Waals surface area contributed by atoms with Gasteiger partial charge in [-0.1, -0.05) is 68.2 Å². The molecule has 3 nitrogen and oxygen atoms in total. The Morgan fingerprint density at radius 2 is 1.06 bits per heavy atom. The van der Waals surface area contributed by atoms with Crippen LogP contribution >= 0.6 is 0 Å². The van der Waals surface area contributed by atoms with Crippen LogP contribution in [0.25, 0.3) is 0 Å². The normalized spacial score (nSPS) is 8.35. The lowest BCUT2D eigenvalue weighted by Crippen LogP contribution is -1.77. The molecular formula is C14H33N3. The molecule has 0 amide bonds. The van der Waals surface area contributed by atoms with Gasteiger partial charge in [0.2, 0.25) is 0 Å². The van der Waals surface area contributed by atoms with Gasteiger partial charge in [0, 0.05) is 0 Å². The molecule has 0 bridgehead atoms. The third-order valence-electron chi connectivity index (χ3n) is 1.96. The highest BCUT2D eigenvalue weighted by Crippen LogP contribution is 1.94. The Hall–Kier alpha value is -0.860. The fourth-order valence-corrected chi connectivity index (χ4v) is 0.167. The molecule has 0 unspecified atom stereocenters. The molecule has 0 aliphatic rings. The summed E-state index contributed by atoms with van der Waals surface area (Å²) in [5.74, 6) is 1.77. The predicted octanol–water partition coefficient (Wildman–Crippen LogP) is 4.94. The molecule has 0 spiro atoms. The first-order valence-electron chi connectivity index (χ1n) is 6.84. The molecule has 3 heteroatoms. The van der Waals surface area contributed by atoms with Crippen molar-refractivity contribution in [2.45, 2.75) is 68.2 Å². The molecule has 1 aromatic rings. The minimum absolute atomic E-state index is 0.884. The molecule has 0 aliphatic heterocycles. The van der Waals surface area contributed by atoms with E-state index in [2.05, 4.69) is 57.0 Å². The summed E-state index contributed by atoms with van der Waals surface area (Å²) < 4.78 is 0. The molecule has 0 saturated carbocycles. The van der Waals surface area contributed by atoms with E-state index in [4.69, 9.17) is 0 Å². The van der Waals surface area contributed by atoms with Gasteiger partial charge < -0.3 is 0 Å². The molecule has 0 fully saturated rings. The van der Waals surface area contributed by atoms with Crippen LogP contribution in [0.3, 0.4) is 0 Å². The number of hydrogen-bond donors (Lipinski definition) is 1. The van der Waals surface area contributed by atoms with E-state index in [-0.39, 0.29) is 0 Å². The van der Waals surface area contributed by atoms with Gasteiger partial charge in [-0.3, -0.25) is 0 Å². The molecule has 1 rings (SSSR count). The molecule has 0 radical (unpaired) electrons. The second-order valence-corrected chi connectivity index (χ2v) is 4.26. The van der Waals surface area contributed by atoms with Gasteiger partial charge in [-0.2, -0.15) is 15.4 Å². The number of aromatic nitrogens is 3. The van der Waals surface area contributed by atoms with Crippen molar-refractivity contribution in [3.05, 3.63) is 12.4 Å². The maximum atomic E-state index is 3.49. The number of H-pyrrole nitrogens is 1. The van der Waals surface area contributed by atoms with Crippen molar-refractivity contribution in [2.75, 3.05) is 0 Å². The third kappa shape index (κ3) is 39.5. The van der Waals surface area contributed by atoms with Gasteiger partial charge in [-0.05, 0) is 11.8 Å². The van der Waals surface area contributed by atoms with Crippen LogP contribution in [0.5, 0.6) is 0 Å². The topological polar surface area (TPSA) is 41.6 Å². The molecule has 0 atom stereocenters. The Kier molecular flexibility index (Phi) is 25.9. The molecule has 0 aliphatic carbocycles. The zero-order valence-electron chi connectivity index (χ0n) is 13.1. The van der Waals surface area contributed by atoms with E-state index >= 15 is 0 Å². The first-order chi connectivity index (χ1) is 8.04. The second-order valence-electron chi connectivity index (χ2n) is 4.26. The highest BCUT2D eigenvalue weighted by molar-refractivity contribution is 4.54. The largest absolute Gasteiger partial charge is 0.198 e. The summed E-state index contributed by atoms with van der Waals surface area (Å²) in [6, 6.07) is 0. The molecule has 1 heterocycles. The van der Waals surface area contributed by atoms with Crippen molar-refractivity contribution in [1.82, 2.24) is 15.4 Å². The predicted molar refractivity (Wildman–Crippen MR) is 78.0 cm³/mol. The van der Waals surface area contributed by atoms with Gasteiger partial charge >= 0.3 is 0 Å². The molecule has 0 aromatic carbocycles. The smallest absolute Gasteiger partial charge is 0.0690 e. The Balaban J connectivity index is -0.000000161. The van der Waals surface area contributed by atoms with Crippen LogP contribution < -0.4 is 0 Å². The summed E-state index contributed by atoms with van der Waals surface area (Å²) in [5.41, 5.74) is 0. The van der Waals surface area contributed by atoms with E-state index in [1.54, 1.807) is 12.4 Å². The SMILES string of the molecule is CC.CCC(C)C.CCC(C)C.c1cn[nH]n1. The van der Waals surface area contributed by atoms with Crippen molar-refractivity contribution in [2.24, 2.45) is 11.8 Å². The summed E-state index contributed by atoms with van der Waals surface area (Å²) in [6.07, 6.45) is 5.78. The minimum atomic E-state index is 0.884. The van der Waals surface area contributed by atoms with Crippen molar-refractivity contribution in [3.8, 4) is 0 Å². The van der Waals surface area contributed by atoms with Gasteiger partial charge in [0.1, 0.15) is 0 Å². The molecule has 0 saturated heterocycles. The second kappa shape index (κ2) is 20.5. The first-order valence-corrected chi connectivity index (χ1v) is 6.84. The highest BCUT2D eigenvalue weighted by atomic mass is 15.3. The van der Waals surface area contributed by atoms with E-state index in [0.29, 0.717) is 0 Å². The Labute approximate surface area is 108 Å². The van der Waals surface area contributed by atoms with Crippen LogP contribution in [-0.2, 0) is 0 Å². The van der Waals surface area contributed by atoms with E-state index in [1.807, 2.05) is 13.8 Å². The van der Waals surface area contributed by atoms with E-state index < -0.39 is 0 Å². The monoisotopic (exact) mass is 243 g/mol. The van der Waals surface area contributed by atoms with Gasteiger partial charge in [0.25, 0.3) is 0 Å². The van der Waals surface area contributed by atoms with Gasteiger partial charge in [0.05, 0.1) is 12.4 Å². The lowest BCUT2D eigenvalue weighted by atomic mass is 10.2. The van der Waals surface area contributed by atoms with Crippen LogP contribution in [0.4, 0.5) is 0 Å². The van der Waals surface area contributed by atoms with Crippen LogP contribution in [0.2, 0.25) is 0 Å². The number of nitrogens with one attached hydrogen (secondary N) is 1. The number of aromatic amines is 1. The van der Waals surface area contributed by atoms with Crippen molar-refractivity contribution in [1.29, 1.82) is 0 Å². The van der Waals surface area contributed by atoms with Crippen molar-refractivity contribution in [3.63, 3.8) is 0 Å². The fraction of sp³-hybridized carbons (Fsp3) is 0.857. The lowest BCUT2D eigenvalue weighted by Gasteiger charge is -1.90. The van der Waals surface area contributed by atoms with Crippen LogP contribution in [0, 0.1) is 11.8 Å². The van der Waals surface area contributed by atoms with Crippen LogP contribution in [0.15, 0.2) is 12.4 Å². The zero-order chi connectivity index (χ0) is 14.1. The lowest BCUT2D eigenvalue weighted by molar-refractivity contribution is 0.626.